The molecule has 104 valence electrons. The van der Waals surface area contributed by atoms with Crippen LogP contribution < -0.4 is 15.8 Å². The van der Waals surface area contributed by atoms with Crippen molar-refractivity contribution >= 4 is 34.7 Å². The fourth-order valence-electron chi connectivity index (χ4n) is 1.58. The van der Waals surface area contributed by atoms with E-state index < -0.39 is 0 Å². The Hall–Kier alpha value is -1.33. The van der Waals surface area contributed by atoms with Gasteiger partial charge in [0.25, 0.3) is 5.91 Å². The van der Waals surface area contributed by atoms with Gasteiger partial charge in [-0.2, -0.15) is 0 Å². The summed E-state index contributed by atoms with van der Waals surface area (Å²) in [6.45, 7) is 0.567. The number of unbranched alkanes of at least 4 members (excludes halogenated alkanes) is 1. The number of amides is 1. The molecule has 0 atom stereocenters. The number of thiocarbonyl (C=S) groups is 1. The largest absolute Gasteiger partial charge is 0.496 e. The van der Waals surface area contributed by atoms with Gasteiger partial charge in [-0.1, -0.05) is 23.8 Å². The van der Waals surface area contributed by atoms with Crippen LogP contribution in [-0.4, -0.2) is 24.6 Å². The van der Waals surface area contributed by atoms with E-state index in [9.17, 15) is 4.79 Å². The second-order valence-electron chi connectivity index (χ2n) is 4.02. The van der Waals surface area contributed by atoms with Crippen LogP contribution in [0.15, 0.2) is 18.2 Å². The quantitative estimate of drug-likeness (QED) is 0.600. The van der Waals surface area contributed by atoms with Gasteiger partial charge in [0, 0.05) is 11.6 Å². The number of hydrogen-bond donors (Lipinski definition) is 2. The molecule has 0 unspecified atom stereocenters. The highest BCUT2D eigenvalue weighted by molar-refractivity contribution is 7.80. The number of methoxy groups -OCH3 is 1. The smallest absolute Gasteiger partial charge is 0.255 e. The summed E-state index contributed by atoms with van der Waals surface area (Å²) < 4.78 is 5.13. The number of rotatable bonds is 7. The maximum atomic E-state index is 12.0. The zero-order valence-corrected chi connectivity index (χ0v) is 12.3. The maximum absolute atomic E-state index is 12.0. The minimum atomic E-state index is -0.199. The molecule has 1 rings (SSSR count). The Morgan fingerprint density at radius 3 is 2.84 bits per heavy atom. The number of benzene rings is 1. The summed E-state index contributed by atoms with van der Waals surface area (Å²) in [5, 5.41) is 3.31. The number of carbonyl (C=O) groups is 1. The van der Waals surface area contributed by atoms with E-state index in [2.05, 4.69) is 5.32 Å². The molecule has 0 aliphatic rings. The van der Waals surface area contributed by atoms with Gasteiger partial charge in [0.15, 0.2) is 0 Å². The van der Waals surface area contributed by atoms with Gasteiger partial charge in [-0.25, -0.2) is 0 Å². The highest BCUT2D eigenvalue weighted by Gasteiger charge is 2.12. The average molecular weight is 301 g/mol. The molecule has 3 N–H and O–H groups in total. The normalized spacial score (nSPS) is 10.0. The molecule has 1 amide bonds. The molecule has 1 aromatic carbocycles. The van der Waals surface area contributed by atoms with Crippen LogP contribution >= 0.6 is 23.8 Å². The van der Waals surface area contributed by atoms with E-state index in [1.165, 1.54) is 7.11 Å². The predicted molar refractivity (Wildman–Crippen MR) is 81.0 cm³/mol. The van der Waals surface area contributed by atoms with Crippen molar-refractivity contribution in [2.45, 2.75) is 19.3 Å². The number of hydrogen-bond acceptors (Lipinski definition) is 3. The molecule has 1 aromatic rings. The van der Waals surface area contributed by atoms with Crippen molar-refractivity contribution in [2.24, 2.45) is 5.73 Å². The lowest BCUT2D eigenvalue weighted by Gasteiger charge is -2.09. The molecular formula is C13H17ClN2O2S. The van der Waals surface area contributed by atoms with Crippen LogP contribution in [0, 0.1) is 0 Å². The first-order valence-corrected chi connectivity index (χ1v) is 6.73. The summed E-state index contributed by atoms with van der Waals surface area (Å²) in [4.78, 5) is 12.5. The number of nitrogens with one attached hydrogen (secondary N) is 1. The lowest BCUT2D eigenvalue weighted by atomic mass is 10.2. The van der Waals surface area contributed by atoms with Crippen molar-refractivity contribution in [3.8, 4) is 5.75 Å². The lowest BCUT2D eigenvalue weighted by Crippen LogP contribution is -2.25. The minimum absolute atomic E-state index is 0.199. The summed E-state index contributed by atoms with van der Waals surface area (Å²) in [7, 11) is 1.52. The molecule has 0 aromatic heterocycles. The summed E-state index contributed by atoms with van der Waals surface area (Å²) in [6, 6.07) is 4.94. The Kier molecular flexibility index (Phi) is 6.59. The number of nitrogens with two attached hydrogens (primary N) is 1. The third-order valence-electron chi connectivity index (χ3n) is 2.54. The van der Waals surface area contributed by atoms with Crippen molar-refractivity contribution in [1.82, 2.24) is 5.32 Å². The number of halogens is 1. The first kappa shape index (κ1) is 15.7. The molecule has 0 aliphatic heterocycles. The predicted octanol–water partition coefficient (Wildman–Crippen LogP) is 2.53. The second-order valence-corrected chi connectivity index (χ2v) is 4.98. The van der Waals surface area contributed by atoms with Crippen molar-refractivity contribution in [3.05, 3.63) is 28.8 Å². The maximum Gasteiger partial charge on any atom is 0.255 e. The Morgan fingerprint density at radius 1 is 1.47 bits per heavy atom. The van der Waals surface area contributed by atoms with E-state index in [1.54, 1.807) is 18.2 Å². The molecule has 0 saturated heterocycles. The molecule has 0 fully saturated rings. The number of ether oxygens (including phenoxy) is 1. The summed E-state index contributed by atoms with van der Waals surface area (Å²) in [5.74, 6) is 0.305. The zero-order valence-electron chi connectivity index (χ0n) is 10.7. The fourth-order valence-corrected chi connectivity index (χ4v) is 1.90. The van der Waals surface area contributed by atoms with E-state index in [1.807, 2.05) is 0 Å². The third-order valence-corrected chi connectivity index (χ3v) is 2.98. The van der Waals surface area contributed by atoms with Crippen LogP contribution in [0.2, 0.25) is 5.02 Å². The van der Waals surface area contributed by atoms with Crippen molar-refractivity contribution in [1.29, 1.82) is 0 Å². The first-order chi connectivity index (χ1) is 9.04. The highest BCUT2D eigenvalue weighted by atomic mass is 35.5. The number of carbonyl (C=O) groups excluding carboxylic acids is 1. The molecule has 0 aliphatic carbocycles. The summed E-state index contributed by atoms with van der Waals surface area (Å²) >= 11 is 10.7. The van der Waals surface area contributed by atoms with Gasteiger partial charge in [-0.05, 0) is 37.5 Å². The molecule has 0 saturated carbocycles. The SMILES string of the molecule is COc1ccc(Cl)cc1C(=O)NCCCCC(N)=S. The van der Waals surface area contributed by atoms with Gasteiger partial charge in [0.1, 0.15) is 5.75 Å². The molecule has 4 nitrogen and oxygen atoms in total. The first-order valence-electron chi connectivity index (χ1n) is 5.94. The average Bonchev–Trinajstić information content (AvgIpc) is 2.37. The van der Waals surface area contributed by atoms with E-state index in [0.29, 0.717) is 34.3 Å². The lowest BCUT2D eigenvalue weighted by molar-refractivity contribution is 0.0950. The third kappa shape index (κ3) is 5.44. The van der Waals surface area contributed by atoms with Crippen molar-refractivity contribution in [3.63, 3.8) is 0 Å². The zero-order chi connectivity index (χ0) is 14.3. The standard InChI is InChI=1S/C13H17ClN2O2S/c1-18-11-6-5-9(14)8-10(11)13(17)16-7-3-2-4-12(15)19/h5-6,8H,2-4,7H2,1H3,(H2,15,19)(H,16,17). The Morgan fingerprint density at radius 2 is 2.21 bits per heavy atom. The topological polar surface area (TPSA) is 64.3 Å². The fraction of sp³-hybridized carbons (Fsp3) is 0.385. The van der Waals surface area contributed by atoms with Crippen LogP contribution in [-0.2, 0) is 0 Å². The van der Waals surface area contributed by atoms with Gasteiger partial charge < -0.3 is 15.8 Å². The molecular weight excluding hydrogens is 284 g/mol. The monoisotopic (exact) mass is 300 g/mol. The summed E-state index contributed by atoms with van der Waals surface area (Å²) in [5.41, 5.74) is 5.83. The Bertz CT molecular complexity index is 466. The Labute approximate surface area is 123 Å². The van der Waals surface area contributed by atoms with Gasteiger partial charge in [-0.15, -0.1) is 0 Å². The van der Waals surface area contributed by atoms with E-state index in [0.717, 1.165) is 12.8 Å². The van der Waals surface area contributed by atoms with Crippen LogP contribution in [0.4, 0.5) is 0 Å². The van der Waals surface area contributed by atoms with Crippen LogP contribution in [0.1, 0.15) is 29.6 Å². The van der Waals surface area contributed by atoms with E-state index in [4.69, 9.17) is 34.3 Å². The highest BCUT2D eigenvalue weighted by Crippen LogP contribution is 2.22. The van der Waals surface area contributed by atoms with E-state index in [-0.39, 0.29) is 5.91 Å². The van der Waals surface area contributed by atoms with Gasteiger partial charge >= 0.3 is 0 Å². The van der Waals surface area contributed by atoms with Crippen molar-refractivity contribution < 1.29 is 9.53 Å². The molecule has 0 bridgehead atoms. The van der Waals surface area contributed by atoms with Crippen LogP contribution in [0.25, 0.3) is 0 Å². The van der Waals surface area contributed by atoms with Gasteiger partial charge in [0.05, 0.1) is 17.7 Å². The molecule has 19 heavy (non-hydrogen) atoms. The van der Waals surface area contributed by atoms with Crippen LogP contribution in [0.3, 0.4) is 0 Å². The molecule has 0 heterocycles. The van der Waals surface area contributed by atoms with Crippen LogP contribution in [0.5, 0.6) is 5.75 Å². The van der Waals surface area contributed by atoms with E-state index >= 15 is 0 Å². The molecule has 0 radical (unpaired) electrons. The minimum Gasteiger partial charge on any atom is -0.496 e. The summed E-state index contributed by atoms with van der Waals surface area (Å²) in [6.07, 6.45) is 2.39. The molecule has 6 heteroatoms. The second kappa shape index (κ2) is 7.96. The molecule has 0 spiro atoms. The van der Waals surface area contributed by atoms with Gasteiger partial charge in [-0.3, -0.25) is 4.79 Å². The van der Waals surface area contributed by atoms with Gasteiger partial charge in [0.2, 0.25) is 0 Å². The van der Waals surface area contributed by atoms with Crippen molar-refractivity contribution in [2.75, 3.05) is 13.7 Å². The Balaban J connectivity index is 2.49.